The van der Waals surface area contributed by atoms with Crippen LogP contribution in [-0.4, -0.2) is 30.2 Å². The zero-order chi connectivity index (χ0) is 9.68. The molecule has 0 fully saturated rings. The van der Waals surface area contributed by atoms with E-state index in [0.717, 1.165) is 12.2 Å². The molecular weight excluding hydrogens is 164 g/mol. The molecule has 0 aliphatic heterocycles. The molecule has 13 heavy (non-hydrogen) atoms. The van der Waals surface area contributed by atoms with Crippen molar-refractivity contribution in [1.82, 2.24) is 9.88 Å². The summed E-state index contributed by atoms with van der Waals surface area (Å²) in [5.74, 6) is 0.822. The summed E-state index contributed by atoms with van der Waals surface area (Å²) in [4.78, 5) is 6.04. The fourth-order valence-corrected chi connectivity index (χ4v) is 1.13. The van der Waals surface area contributed by atoms with Crippen LogP contribution in [-0.2, 0) is 0 Å². The predicted molar refractivity (Wildman–Crippen MR) is 52.6 cm³/mol. The van der Waals surface area contributed by atoms with Gasteiger partial charge in [-0.05, 0) is 32.6 Å². The highest BCUT2D eigenvalue weighted by atomic mass is 16.5. The summed E-state index contributed by atoms with van der Waals surface area (Å²) in [7, 11) is 4.01. The summed E-state index contributed by atoms with van der Waals surface area (Å²) in [6.45, 7) is 2.10. The van der Waals surface area contributed by atoms with Gasteiger partial charge >= 0.3 is 0 Å². The van der Waals surface area contributed by atoms with Crippen LogP contribution < -0.4 is 4.74 Å². The summed E-state index contributed by atoms with van der Waals surface area (Å²) >= 11 is 0. The standard InChI is InChI=1S/C10H16N2O/c1-4-10(12(2)3)13-9-6-5-7-11-8-9/h5-8,10H,4H2,1-3H3. The average Bonchev–Trinajstić information content (AvgIpc) is 2.15. The first-order chi connectivity index (χ1) is 6.24. The number of rotatable bonds is 4. The van der Waals surface area contributed by atoms with Crippen LogP contribution in [0.15, 0.2) is 24.5 Å². The largest absolute Gasteiger partial charge is 0.474 e. The highest BCUT2D eigenvalue weighted by Crippen LogP contribution is 2.11. The van der Waals surface area contributed by atoms with Gasteiger partial charge in [0.05, 0.1) is 6.20 Å². The smallest absolute Gasteiger partial charge is 0.151 e. The lowest BCUT2D eigenvalue weighted by atomic mass is 10.4. The van der Waals surface area contributed by atoms with Crippen LogP contribution in [0.4, 0.5) is 0 Å². The first-order valence-electron chi connectivity index (χ1n) is 4.47. The summed E-state index contributed by atoms with van der Waals surface area (Å²) < 4.78 is 5.69. The SMILES string of the molecule is CCC(Oc1cccnc1)N(C)C. The van der Waals surface area contributed by atoms with Crippen molar-refractivity contribution in [3.8, 4) is 5.75 Å². The van der Waals surface area contributed by atoms with Gasteiger partial charge in [0, 0.05) is 6.20 Å². The van der Waals surface area contributed by atoms with Crippen molar-refractivity contribution in [3.05, 3.63) is 24.5 Å². The van der Waals surface area contributed by atoms with Gasteiger partial charge in [-0.3, -0.25) is 9.88 Å². The van der Waals surface area contributed by atoms with Crippen LogP contribution in [0.25, 0.3) is 0 Å². The van der Waals surface area contributed by atoms with Crippen molar-refractivity contribution in [3.63, 3.8) is 0 Å². The molecule has 3 nitrogen and oxygen atoms in total. The lowest BCUT2D eigenvalue weighted by Gasteiger charge is -2.23. The van der Waals surface area contributed by atoms with Crippen LogP contribution in [0.2, 0.25) is 0 Å². The molecule has 0 N–H and O–H groups in total. The van der Waals surface area contributed by atoms with Gasteiger partial charge < -0.3 is 4.74 Å². The molecule has 1 atom stereocenters. The molecule has 72 valence electrons. The molecule has 0 aromatic carbocycles. The topological polar surface area (TPSA) is 25.4 Å². The van der Waals surface area contributed by atoms with E-state index in [9.17, 15) is 0 Å². The normalized spacial score (nSPS) is 12.9. The van der Waals surface area contributed by atoms with Gasteiger partial charge in [-0.1, -0.05) is 6.92 Å². The zero-order valence-corrected chi connectivity index (χ0v) is 8.40. The van der Waals surface area contributed by atoms with Crippen molar-refractivity contribution < 1.29 is 4.74 Å². The minimum Gasteiger partial charge on any atom is -0.474 e. The van der Waals surface area contributed by atoms with Crippen LogP contribution in [0.3, 0.4) is 0 Å². The Morgan fingerprint density at radius 2 is 2.31 bits per heavy atom. The zero-order valence-electron chi connectivity index (χ0n) is 8.40. The first kappa shape index (κ1) is 9.99. The van der Waals surface area contributed by atoms with E-state index in [2.05, 4.69) is 11.9 Å². The Hall–Kier alpha value is -1.09. The molecule has 0 saturated heterocycles. The van der Waals surface area contributed by atoms with E-state index in [-0.39, 0.29) is 6.23 Å². The Morgan fingerprint density at radius 3 is 2.77 bits per heavy atom. The number of pyridine rings is 1. The van der Waals surface area contributed by atoms with E-state index >= 15 is 0 Å². The Balaban J connectivity index is 2.57. The Labute approximate surface area is 79.3 Å². The average molecular weight is 180 g/mol. The summed E-state index contributed by atoms with van der Waals surface area (Å²) in [5, 5.41) is 0. The molecule has 0 aliphatic rings. The van der Waals surface area contributed by atoms with E-state index in [1.807, 2.05) is 31.1 Å². The molecule has 3 heteroatoms. The number of nitrogens with zero attached hydrogens (tertiary/aromatic N) is 2. The van der Waals surface area contributed by atoms with Crippen molar-refractivity contribution in [2.75, 3.05) is 14.1 Å². The maximum absolute atomic E-state index is 5.69. The van der Waals surface area contributed by atoms with Gasteiger partial charge in [0.25, 0.3) is 0 Å². The van der Waals surface area contributed by atoms with Gasteiger partial charge in [-0.2, -0.15) is 0 Å². The van der Waals surface area contributed by atoms with Crippen LogP contribution in [0, 0.1) is 0 Å². The van der Waals surface area contributed by atoms with Gasteiger partial charge in [-0.15, -0.1) is 0 Å². The van der Waals surface area contributed by atoms with Crippen molar-refractivity contribution in [2.45, 2.75) is 19.6 Å². The van der Waals surface area contributed by atoms with Crippen LogP contribution >= 0.6 is 0 Å². The second-order valence-electron chi connectivity index (χ2n) is 3.13. The predicted octanol–water partition coefficient (Wildman–Crippen LogP) is 1.76. The third-order valence-electron chi connectivity index (χ3n) is 1.83. The number of ether oxygens (including phenoxy) is 1. The molecule has 0 spiro atoms. The third kappa shape index (κ3) is 3.03. The van der Waals surface area contributed by atoms with Gasteiger partial charge in [0.15, 0.2) is 6.23 Å². The lowest BCUT2D eigenvalue weighted by molar-refractivity contribution is 0.0609. The van der Waals surface area contributed by atoms with Crippen LogP contribution in [0.5, 0.6) is 5.75 Å². The summed E-state index contributed by atoms with van der Waals surface area (Å²) in [6.07, 6.45) is 4.56. The minimum absolute atomic E-state index is 0.129. The third-order valence-corrected chi connectivity index (χ3v) is 1.83. The fourth-order valence-electron chi connectivity index (χ4n) is 1.13. The highest BCUT2D eigenvalue weighted by Gasteiger charge is 2.09. The minimum atomic E-state index is 0.129. The number of hydrogen-bond acceptors (Lipinski definition) is 3. The lowest BCUT2D eigenvalue weighted by Crippen LogP contribution is -2.32. The van der Waals surface area contributed by atoms with Gasteiger partial charge in [0.2, 0.25) is 0 Å². The molecular formula is C10H16N2O. The Bertz CT molecular complexity index is 236. The Kier molecular flexibility index (Phi) is 3.71. The maximum atomic E-state index is 5.69. The summed E-state index contributed by atoms with van der Waals surface area (Å²) in [5.41, 5.74) is 0. The summed E-state index contributed by atoms with van der Waals surface area (Å²) in [6, 6.07) is 3.79. The van der Waals surface area contributed by atoms with E-state index < -0.39 is 0 Å². The van der Waals surface area contributed by atoms with Gasteiger partial charge in [-0.25, -0.2) is 0 Å². The van der Waals surface area contributed by atoms with Crippen molar-refractivity contribution >= 4 is 0 Å². The van der Waals surface area contributed by atoms with Crippen LogP contribution in [0.1, 0.15) is 13.3 Å². The number of aromatic nitrogens is 1. The van der Waals surface area contributed by atoms with E-state index in [1.165, 1.54) is 0 Å². The molecule has 1 aromatic heterocycles. The van der Waals surface area contributed by atoms with E-state index in [0.29, 0.717) is 0 Å². The van der Waals surface area contributed by atoms with Crippen molar-refractivity contribution in [1.29, 1.82) is 0 Å². The quantitative estimate of drug-likeness (QED) is 0.660. The fraction of sp³-hybridized carbons (Fsp3) is 0.500. The first-order valence-corrected chi connectivity index (χ1v) is 4.47. The van der Waals surface area contributed by atoms with E-state index in [1.54, 1.807) is 12.4 Å². The molecule has 0 amide bonds. The van der Waals surface area contributed by atoms with Crippen molar-refractivity contribution in [2.24, 2.45) is 0 Å². The maximum Gasteiger partial charge on any atom is 0.151 e. The second-order valence-corrected chi connectivity index (χ2v) is 3.13. The number of hydrogen-bond donors (Lipinski definition) is 0. The molecule has 1 unspecified atom stereocenters. The highest BCUT2D eigenvalue weighted by molar-refractivity contribution is 5.15. The molecule has 1 rings (SSSR count). The molecule has 0 saturated carbocycles. The molecule has 0 bridgehead atoms. The molecule has 0 aliphatic carbocycles. The second kappa shape index (κ2) is 4.82. The molecule has 0 radical (unpaired) electrons. The Morgan fingerprint density at radius 1 is 1.54 bits per heavy atom. The van der Waals surface area contributed by atoms with Gasteiger partial charge in [0.1, 0.15) is 5.75 Å². The molecule has 1 heterocycles. The monoisotopic (exact) mass is 180 g/mol. The molecule has 1 aromatic rings. The van der Waals surface area contributed by atoms with E-state index in [4.69, 9.17) is 4.74 Å².